The topological polar surface area (TPSA) is 52.6 Å². The van der Waals surface area contributed by atoms with Crippen LogP contribution in [0.4, 0.5) is 0 Å². The number of carbonyl (C=O) groups is 2. The van der Waals surface area contributed by atoms with E-state index in [1.54, 1.807) is 6.08 Å². The lowest BCUT2D eigenvalue weighted by Gasteiger charge is -2.21. The van der Waals surface area contributed by atoms with E-state index in [0.717, 1.165) is 44.6 Å². The molecule has 0 atom stereocenters. The summed E-state index contributed by atoms with van der Waals surface area (Å²) in [7, 11) is 1.34. The van der Waals surface area contributed by atoms with Gasteiger partial charge in [-0.05, 0) is 63.0 Å². The fraction of sp³-hybridized carbons (Fsp3) is 0.156. The van der Waals surface area contributed by atoms with Gasteiger partial charge in [0.05, 0.1) is 18.3 Å². The highest BCUT2D eigenvalue weighted by Gasteiger charge is 2.34. The molecule has 2 aliphatic carbocycles. The second-order valence-electron chi connectivity index (χ2n) is 12.9. The highest BCUT2D eigenvalue weighted by molar-refractivity contribution is 6.10. The molecule has 0 saturated heterocycles. The number of carbonyl (C=O) groups excluding carboxylic acids is 2. The van der Waals surface area contributed by atoms with Gasteiger partial charge in [-0.25, -0.2) is 9.59 Å². The number of methoxy groups -OCH3 is 1. The van der Waals surface area contributed by atoms with Crippen LogP contribution in [0.3, 0.4) is 0 Å². The van der Waals surface area contributed by atoms with Crippen molar-refractivity contribution in [1.29, 1.82) is 0 Å². The lowest BCUT2D eigenvalue weighted by Crippen LogP contribution is -2.19. The van der Waals surface area contributed by atoms with Gasteiger partial charge in [-0.15, -0.1) is 0 Å². The van der Waals surface area contributed by atoms with Crippen molar-refractivity contribution in [3.63, 3.8) is 0 Å². The highest BCUT2D eigenvalue weighted by atomic mass is 16.5. The van der Waals surface area contributed by atoms with Gasteiger partial charge in [-0.1, -0.05) is 166 Å². The van der Waals surface area contributed by atoms with Crippen molar-refractivity contribution >= 4 is 24.1 Å². The molecule has 0 heterocycles. The van der Waals surface area contributed by atoms with Gasteiger partial charge in [0, 0.05) is 5.57 Å². The van der Waals surface area contributed by atoms with Gasteiger partial charge >= 0.3 is 11.9 Å². The average Bonchev–Trinajstić information content (AvgIpc) is 3.37. The Balaban J connectivity index is 1.74. The van der Waals surface area contributed by atoms with Crippen LogP contribution >= 0.6 is 0 Å². The molecule has 2 aliphatic rings. The lowest BCUT2D eigenvalue weighted by atomic mass is 9.83. The molecule has 3 aromatic rings. The first-order valence-corrected chi connectivity index (χ1v) is 16.4. The third-order valence-electron chi connectivity index (χ3n) is 8.27. The third-order valence-corrected chi connectivity index (χ3v) is 8.27. The molecule has 0 radical (unpaired) electrons. The Morgan fingerprint density at radius 2 is 1.24 bits per heavy atom. The zero-order valence-electron chi connectivity index (χ0n) is 28.8. The van der Waals surface area contributed by atoms with E-state index in [1.807, 2.05) is 134 Å². The first kappa shape index (κ1) is 34.6. The fourth-order valence-electron chi connectivity index (χ4n) is 5.67. The number of hydrogen-bond acceptors (Lipinski definition) is 4. The Bertz CT molecular complexity index is 1970. The van der Waals surface area contributed by atoms with Crippen molar-refractivity contribution in [1.82, 2.24) is 0 Å². The minimum atomic E-state index is -0.622. The Morgan fingerprint density at radius 3 is 1.86 bits per heavy atom. The maximum atomic E-state index is 14.0. The minimum Gasteiger partial charge on any atom is -0.465 e. The quantitative estimate of drug-likeness (QED) is 0.172. The molecule has 0 bridgehead atoms. The molecule has 4 heteroatoms. The Hall–Kier alpha value is -5.74. The summed E-state index contributed by atoms with van der Waals surface area (Å²) in [4.78, 5) is 27.9. The van der Waals surface area contributed by atoms with Crippen LogP contribution in [0.5, 0.6) is 0 Å². The van der Waals surface area contributed by atoms with Crippen LogP contribution in [0, 0.1) is 5.41 Å². The molecule has 5 rings (SSSR count). The Morgan fingerprint density at radius 1 is 0.653 bits per heavy atom. The molecule has 0 aliphatic heterocycles. The van der Waals surface area contributed by atoms with Crippen LogP contribution in [0.2, 0.25) is 0 Å². The summed E-state index contributed by atoms with van der Waals surface area (Å²) >= 11 is 0. The third kappa shape index (κ3) is 8.79. The predicted octanol–water partition coefficient (Wildman–Crippen LogP) is 10.3. The molecule has 0 saturated carbocycles. The van der Waals surface area contributed by atoms with E-state index >= 15 is 0 Å². The molecule has 0 N–H and O–H groups in total. The number of benzene rings is 3. The van der Waals surface area contributed by atoms with Crippen LogP contribution in [0.1, 0.15) is 44.4 Å². The summed E-state index contributed by atoms with van der Waals surface area (Å²) in [6, 6.07) is 29.6. The largest absolute Gasteiger partial charge is 0.465 e. The minimum absolute atomic E-state index is 0.0651. The van der Waals surface area contributed by atoms with Crippen LogP contribution < -0.4 is 0 Å². The van der Waals surface area contributed by atoms with Crippen LogP contribution in [0.25, 0.3) is 12.2 Å². The van der Waals surface area contributed by atoms with Crippen LogP contribution in [-0.2, 0) is 25.7 Å². The molecular weight excluding hydrogens is 604 g/mol. The summed E-state index contributed by atoms with van der Waals surface area (Å²) < 4.78 is 11.2. The number of esters is 2. The van der Waals surface area contributed by atoms with Crippen molar-refractivity contribution in [3.05, 3.63) is 201 Å². The zero-order chi connectivity index (χ0) is 34.8. The summed E-state index contributed by atoms with van der Waals surface area (Å²) in [5.74, 6) is -1.23. The van der Waals surface area contributed by atoms with Gasteiger partial charge in [0.15, 0.2) is 0 Å². The fourth-order valence-corrected chi connectivity index (χ4v) is 5.67. The van der Waals surface area contributed by atoms with E-state index in [9.17, 15) is 9.59 Å². The molecule has 0 unspecified atom stereocenters. The second-order valence-corrected chi connectivity index (χ2v) is 12.9. The number of fused-ring (bicyclic) bond motifs is 1. The summed E-state index contributed by atoms with van der Waals surface area (Å²) in [5, 5.41) is 0. The van der Waals surface area contributed by atoms with E-state index in [1.165, 1.54) is 7.11 Å². The van der Waals surface area contributed by atoms with Crippen LogP contribution in [-0.4, -0.2) is 19.0 Å². The summed E-state index contributed by atoms with van der Waals surface area (Å²) in [5.41, 5.74) is 8.09. The van der Waals surface area contributed by atoms with Gasteiger partial charge in [0.25, 0.3) is 0 Å². The molecule has 0 aromatic heterocycles. The first-order valence-electron chi connectivity index (χ1n) is 16.4. The van der Waals surface area contributed by atoms with Crippen molar-refractivity contribution < 1.29 is 19.1 Å². The predicted molar refractivity (Wildman–Crippen MR) is 200 cm³/mol. The van der Waals surface area contributed by atoms with Gasteiger partial charge < -0.3 is 9.47 Å². The molecule has 246 valence electrons. The van der Waals surface area contributed by atoms with Crippen molar-refractivity contribution in [2.45, 2.75) is 34.3 Å². The maximum Gasteiger partial charge on any atom is 0.339 e. The smallest absolute Gasteiger partial charge is 0.339 e. The zero-order valence-corrected chi connectivity index (χ0v) is 28.8. The Kier molecular flexibility index (Phi) is 11.2. The monoisotopic (exact) mass is 646 g/mol. The normalized spacial score (nSPS) is 15.4. The Labute approximate surface area is 290 Å². The second kappa shape index (κ2) is 15.9. The maximum absolute atomic E-state index is 14.0. The lowest BCUT2D eigenvalue weighted by molar-refractivity contribution is -0.142. The summed E-state index contributed by atoms with van der Waals surface area (Å²) in [6.07, 6.45) is 19.9. The van der Waals surface area contributed by atoms with E-state index < -0.39 is 11.9 Å². The summed E-state index contributed by atoms with van der Waals surface area (Å²) in [6.45, 7) is 8.61. The number of hydrogen-bond donors (Lipinski definition) is 0. The van der Waals surface area contributed by atoms with Crippen molar-refractivity contribution in [3.8, 4) is 0 Å². The molecular formula is C45H42O4. The van der Waals surface area contributed by atoms with E-state index in [2.05, 4.69) is 39.8 Å². The van der Waals surface area contributed by atoms with Gasteiger partial charge in [0.2, 0.25) is 0 Å². The van der Waals surface area contributed by atoms with Crippen LogP contribution in [0.15, 0.2) is 184 Å². The van der Waals surface area contributed by atoms with Gasteiger partial charge in [-0.3, -0.25) is 0 Å². The molecule has 4 nitrogen and oxygen atoms in total. The standard InChI is InChI=1S/C45H42O4/c1-32-29-38(45(2,3)4)30-37(24-16-15-21-33-17-9-6-10-18-33)41-40(32)36(26-25-34-19-11-7-12-20-34)27-28-39(42(41)44(47)48-5)43(46)49-31-35-22-13-8-14-23-35/h6-30H,31H2,1-5H3/b21-15+,24-16+,26-25+. The van der Waals surface area contributed by atoms with Crippen molar-refractivity contribution in [2.24, 2.45) is 5.41 Å². The number of allylic oxidation sites excluding steroid dienone is 14. The molecule has 0 amide bonds. The van der Waals surface area contributed by atoms with Gasteiger partial charge in [0.1, 0.15) is 6.61 Å². The highest BCUT2D eigenvalue weighted by Crippen LogP contribution is 2.43. The number of ether oxygens (including phenoxy) is 2. The first-order chi connectivity index (χ1) is 23.7. The molecule has 0 spiro atoms. The average molecular weight is 647 g/mol. The molecule has 0 fully saturated rings. The van der Waals surface area contributed by atoms with Crippen molar-refractivity contribution in [2.75, 3.05) is 7.11 Å². The van der Waals surface area contributed by atoms with E-state index in [4.69, 9.17) is 9.47 Å². The van der Waals surface area contributed by atoms with E-state index in [0.29, 0.717) is 5.57 Å². The van der Waals surface area contributed by atoms with Gasteiger partial charge in [-0.2, -0.15) is 0 Å². The molecule has 49 heavy (non-hydrogen) atoms. The molecule has 3 aromatic carbocycles. The number of rotatable bonds is 9. The van der Waals surface area contributed by atoms with E-state index in [-0.39, 0.29) is 23.2 Å². The SMILES string of the molecule is COC(=O)C1=C2C(/C=C/C=C/c3ccccc3)=CC(C(C)(C)C)=CC(C)=C2C(/C=C/c2ccccc2)=CC=C1C(=O)OCc1ccccc1.